The number of amidine groups is 1. The van der Waals surface area contributed by atoms with Gasteiger partial charge in [0.25, 0.3) is 6.43 Å². The van der Waals surface area contributed by atoms with E-state index < -0.39 is 30.4 Å². The molecule has 0 spiro atoms. The van der Waals surface area contributed by atoms with Crippen LogP contribution in [0.5, 0.6) is 5.75 Å². The molecule has 1 atom stereocenters. The third-order valence-corrected chi connectivity index (χ3v) is 3.99. The topological polar surface area (TPSA) is 133 Å². The minimum atomic E-state index is -3.01. The number of nitrogens with two attached hydrogens (primary N) is 2. The molecule has 5 N–H and O–H groups in total. The van der Waals surface area contributed by atoms with E-state index >= 15 is 0 Å². The Hall–Kier alpha value is -3.34. The van der Waals surface area contributed by atoms with E-state index in [1.165, 1.54) is 18.3 Å². The first-order valence-corrected chi connectivity index (χ1v) is 8.78. The van der Waals surface area contributed by atoms with Crippen molar-refractivity contribution in [1.29, 1.82) is 0 Å². The fraction of sp³-hybridized carbons (Fsp3) is 0.316. The standard InChI is InChI=1S/C13H16F3N3O2.C6H5NO2/c1-2-21-9-4-7(17)3-8(11(9)14)13(12(15)16)6-20-5-10(18)19-13;8-6(9)5-3-1-2-4-7-5/h3-4,12H,2,5-6,17H2,1H3,(H2,18,19);1-4H,(H,8,9)/t13-;/m0./s1. The number of aromatic carboxylic acids is 1. The second-order valence-corrected chi connectivity index (χ2v) is 6.15. The molecular weight excluding hydrogens is 405 g/mol. The first kappa shape index (κ1) is 22.9. The van der Waals surface area contributed by atoms with Gasteiger partial charge in [0.1, 0.15) is 18.1 Å². The number of carboxylic acid groups (broad SMARTS) is 1. The van der Waals surface area contributed by atoms with Crippen LogP contribution in [0.1, 0.15) is 23.0 Å². The molecule has 0 radical (unpaired) electrons. The number of alkyl halides is 2. The molecule has 1 aromatic carbocycles. The monoisotopic (exact) mass is 426 g/mol. The molecule has 2 heterocycles. The summed E-state index contributed by atoms with van der Waals surface area (Å²) in [6, 6.07) is 7.10. The fourth-order valence-electron chi connectivity index (χ4n) is 2.68. The van der Waals surface area contributed by atoms with Gasteiger partial charge in [0, 0.05) is 23.5 Å². The van der Waals surface area contributed by atoms with Crippen LogP contribution in [0.4, 0.5) is 18.9 Å². The van der Waals surface area contributed by atoms with Crippen LogP contribution in [0, 0.1) is 5.82 Å². The average molecular weight is 426 g/mol. The molecule has 2 aromatic rings. The van der Waals surface area contributed by atoms with Crippen molar-refractivity contribution in [3.05, 3.63) is 53.6 Å². The molecule has 0 bridgehead atoms. The van der Waals surface area contributed by atoms with E-state index in [1.54, 1.807) is 19.1 Å². The maximum atomic E-state index is 14.5. The van der Waals surface area contributed by atoms with E-state index in [4.69, 9.17) is 26.0 Å². The van der Waals surface area contributed by atoms with Crippen LogP contribution in [0.2, 0.25) is 0 Å². The molecule has 11 heteroatoms. The van der Waals surface area contributed by atoms with Crippen LogP contribution in [0.25, 0.3) is 0 Å². The van der Waals surface area contributed by atoms with Gasteiger partial charge < -0.3 is 26.0 Å². The van der Waals surface area contributed by atoms with Crippen LogP contribution in [-0.2, 0) is 10.3 Å². The third-order valence-electron chi connectivity index (χ3n) is 3.99. The van der Waals surface area contributed by atoms with Crippen molar-refractivity contribution >= 4 is 17.5 Å². The van der Waals surface area contributed by atoms with Crippen LogP contribution < -0.4 is 16.2 Å². The van der Waals surface area contributed by atoms with Crippen molar-refractivity contribution in [3.63, 3.8) is 0 Å². The summed E-state index contributed by atoms with van der Waals surface area (Å²) in [4.78, 5) is 17.5. The van der Waals surface area contributed by atoms with Crippen molar-refractivity contribution in [2.45, 2.75) is 18.9 Å². The summed E-state index contributed by atoms with van der Waals surface area (Å²) < 4.78 is 51.7. The minimum Gasteiger partial charge on any atom is -0.491 e. The molecule has 162 valence electrons. The Balaban J connectivity index is 0.000000297. The number of rotatable bonds is 5. The number of aromatic nitrogens is 1. The van der Waals surface area contributed by atoms with Crippen LogP contribution in [0.3, 0.4) is 0 Å². The minimum absolute atomic E-state index is 0.0727. The molecule has 0 amide bonds. The second kappa shape index (κ2) is 9.92. The highest BCUT2D eigenvalue weighted by Crippen LogP contribution is 2.40. The van der Waals surface area contributed by atoms with Gasteiger partial charge in [-0.1, -0.05) is 6.07 Å². The van der Waals surface area contributed by atoms with Gasteiger partial charge in [-0.05, 0) is 25.1 Å². The fourth-order valence-corrected chi connectivity index (χ4v) is 2.68. The molecule has 30 heavy (non-hydrogen) atoms. The van der Waals surface area contributed by atoms with Gasteiger partial charge >= 0.3 is 5.97 Å². The van der Waals surface area contributed by atoms with Crippen LogP contribution in [0.15, 0.2) is 41.5 Å². The maximum Gasteiger partial charge on any atom is 0.354 e. The predicted molar refractivity (Wildman–Crippen MR) is 103 cm³/mol. The lowest BCUT2D eigenvalue weighted by molar-refractivity contribution is -0.0147. The summed E-state index contributed by atoms with van der Waals surface area (Å²) in [7, 11) is 0. The van der Waals surface area contributed by atoms with E-state index in [1.807, 2.05) is 0 Å². The molecular formula is C19H21F3N4O4. The summed E-state index contributed by atoms with van der Waals surface area (Å²) in [5.74, 6) is -2.25. The number of hydrogen-bond donors (Lipinski definition) is 3. The highest BCUT2D eigenvalue weighted by atomic mass is 19.3. The van der Waals surface area contributed by atoms with E-state index in [0.29, 0.717) is 0 Å². The van der Waals surface area contributed by atoms with E-state index in [2.05, 4.69) is 9.98 Å². The van der Waals surface area contributed by atoms with Crippen molar-refractivity contribution in [3.8, 4) is 5.75 Å². The SMILES string of the molecule is CCOc1cc(N)cc([C@]2(C(F)F)COCC(N)=N2)c1F.O=C(O)c1ccccn1. The van der Waals surface area contributed by atoms with Gasteiger partial charge in [-0.15, -0.1) is 0 Å². The normalized spacial score (nSPS) is 18.2. The zero-order chi connectivity index (χ0) is 22.3. The highest BCUT2D eigenvalue weighted by Gasteiger charge is 2.47. The maximum absolute atomic E-state index is 14.5. The lowest BCUT2D eigenvalue weighted by atomic mass is 9.89. The van der Waals surface area contributed by atoms with E-state index in [0.717, 1.165) is 6.07 Å². The predicted octanol–water partition coefficient (Wildman–Crippen LogP) is 2.43. The number of carboxylic acids is 1. The smallest absolute Gasteiger partial charge is 0.354 e. The molecule has 0 saturated carbocycles. The highest BCUT2D eigenvalue weighted by molar-refractivity contribution is 5.85. The molecule has 0 fully saturated rings. The molecule has 0 aliphatic carbocycles. The van der Waals surface area contributed by atoms with Gasteiger partial charge in [0.15, 0.2) is 17.1 Å². The molecule has 1 aromatic heterocycles. The molecule has 3 rings (SSSR count). The average Bonchev–Trinajstić information content (AvgIpc) is 2.71. The Bertz CT molecular complexity index is 912. The largest absolute Gasteiger partial charge is 0.491 e. The number of nitrogen functional groups attached to an aromatic ring is 1. The third kappa shape index (κ3) is 5.17. The zero-order valence-corrected chi connectivity index (χ0v) is 16.0. The summed E-state index contributed by atoms with van der Waals surface area (Å²) in [6.45, 7) is 1.25. The van der Waals surface area contributed by atoms with Gasteiger partial charge in [0.2, 0.25) is 0 Å². The number of nitrogens with zero attached hydrogens (tertiary/aromatic N) is 2. The number of hydrogen-bond acceptors (Lipinski definition) is 7. The molecule has 0 unspecified atom stereocenters. The number of ether oxygens (including phenoxy) is 2. The first-order valence-electron chi connectivity index (χ1n) is 8.78. The molecule has 0 saturated heterocycles. The number of carbonyl (C=O) groups is 1. The number of anilines is 1. The number of aliphatic imine (C=N–C) groups is 1. The zero-order valence-electron chi connectivity index (χ0n) is 16.0. The molecule has 8 nitrogen and oxygen atoms in total. The van der Waals surface area contributed by atoms with Crippen LogP contribution >= 0.6 is 0 Å². The number of benzene rings is 1. The Kier molecular flexibility index (Phi) is 7.59. The quantitative estimate of drug-likeness (QED) is 0.626. The Labute approximate surface area is 170 Å². The lowest BCUT2D eigenvalue weighted by Gasteiger charge is -2.33. The summed E-state index contributed by atoms with van der Waals surface area (Å²) >= 11 is 0. The first-order chi connectivity index (χ1) is 14.2. The Morgan fingerprint density at radius 1 is 1.37 bits per heavy atom. The summed E-state index contributed by atoms with van der Waals surface area (Å²) in [6.07, 6.45) is -1.56. The van der Waals surface area contributed by atoms with Gasteiger partial charge in [-0.25, -0.2) is 22.9 Å². The number of halogens is 3. The van der Waals surface area contributed by atoms with Gasteiger partial charge in [-0.2, -0.15) is 0 Å². The molecule has 1 aliphatic heterocycles. The van der Waals surface area contributed by atoms with Crippen molar-refractivity contribution in [2.24, 2.45) is 10.7 Å². The molecule has 1 aliphatic rings. The van der Waals surface area contributed by atoms with Crippen molar-refractivity contribution in [2.75, 3.05) is 25.6 Å². The van der Waals surface area contributed by atoms with Gasteiger partial charge in [0.05, 0.1) is 13.2 Å². The van der Waals surface area contributed by atoms with Crippen molar-refractivity contribution in [1.82, 2.24) is 4.98 Å². The number of pyridine rings is 1. The summed E-state index contributed by atoms with van der Waals surface area (Å²) in [5, 5.41) is 8.32. The van der Waals surface area contributed by atoms with Gasteiger partial charge in [-0.3, -0.25) is 4.99 Å². The van der Waals surface area contributed by atoms with Crippen LogP contribution in [-0.4, -0.2) is 48.1 Å². The summed E-state index contributed by atoms with van der Waals surface area (Å²) in [5.41, 5.74) is 8.70. The Morgan fingerprint density at radius 2 is 2.10 bits per heavy atom. The van der Waals surface area contributed by atoms with Crippen molar-refractivity contribution < 1.29 is 32.5 Å². The van der Waals surface area contributed by atoms with E-state index in [-0.39, 0.29) is 41.7 Å². The Morgan fingerprint density at radius 3 is 2.60 bits per heavy atom. The second-order valence-electron chi connectivity index (χ2n) is 6.15. The lowest BCUT2D eigenvalue weighted by Crippen LogP contribution is -2.45. The van der Waals surface area contributed by atoms with E-state index in [9.17, 15) is 18.0 Å².